The Labute approximate surface area is 162 Å². The fourth-order valence-electron chi connectivity index (χ4n) is 3.58. The lowest BCUT2D eigenvalue weighted by Gasteiger charge is -2.32. The molecule has 1 fully saturated rings. The SMILES string of the molecule is CCCCCNc1ncc(C(=O)N2CCC(Cc3ccccc3)CC2)cn1. The van der Waals surface area contributed by atoms with Gasteiger partial charge in [0.15, 0.2) is 0 Å². The van der Waals surface area contributed by atoms with E-state index in [-0.39, 0.29) is 5.91 Å². The second-order valence-corrected chi connectivity index (χ2v) is 7.35. The zero-order valence-electron chi connectivity index (χ0n) is 16.2. The Balaban J connectivity index is 1.46. The van der Waals surface area contributed by atoms with Gasteiger partial charge in [0, 0.05) is 32.0 Å². The molecule has 0 spiro atoms. The predicted octanol–water partition coefficient (Wildman–Crippen LogP) is 4.17. The number of nitrogens with one attached hydrogen (secondary N) is 1. The molecule has 1 saturated heterocycles. The van der Waals surface area contributed by atoms with Gasteiger partial charge in [-0.05, 0) is 37.2 Å². The van der Waals surface area contributed by atoms with E-state index in [9.17, 15) is 4.79 Å². The number of rotatable bonds is 8. The summed E-state index contributed by atoms with van der Waals surface area (Å²) in [5.74, 6) is 1.30. The molecule has 0 atom stereocenters. The molecule has 1 amide bonds. The second kappa shape index (κ2) is 10.0. The highest BCUT2D eigenvalue weighted by Gasteiger charge is 2.24. The fraction of sp³-hybridized carbons (Fsp3) is 0.500. The van der Waals surface area contributed by atoms with Crippen LogP contribution in [0.1, 0.15) is 54.9 Å². The molecule has 0 bridgehead atoms. The number of unbranched alkanes of at least 4 members (excludes halogenated alkanes) is 2. The maximum atomic E-state index is 12.7. The Morgan fingerprint density at radius 1 is 1.11 bits per heavy atom. The second-order valence-electron chi connectivity index (χ2n) is 7.35. The van der Waals surface area contributed by atoms with Gasteiger partial charge in [0.2, 0.25) is 5.95 Å². The number of amides is 1. The molecule has 1 N–H and O–H groups in total. The molecule has 5 heteroatoms. The minimum absolute atomic E-state index is 0.0469. The van der Waals surface area contributed by atoms with Gasteiger partial charge in [-0.3, -0.25) is 4.79 Å². The van der Waals surface area contributed by atoms with Gasteiger partial charge in [0.25, 0.3) is 5.91 Å². The van der Waals surface area contributed by atoms with Gasteiger partial charge in [-0.25, -0.2) is 9.97 Å². The van der Waals surface area contributed by atoms with Crippen LogP contribution >= 0.6 is 0 Å². The van der Waals surface area contributed by atoms with Crippen LogP contribution in [0.5, 0.6) is 0 Å². The number of hydrogen-bond acceptors (Lipinski definition) is 4. The minimum Gasteiger partial charge on any atom is -0.354 e. The summed E-state index contributed by atoms with van der Waals surface area (Å²) < 4.78 is 0. The summed E-state index contributed by atoms with van der Waals surface area (Å²) in [5, 5.41) is 3.21. The first-order chi connectivity index (χ1) is 13.3. The van der Waals surface area contributed by atoms with Crippen LogP contribution in [-0.2, 0) is 6.42 Å². The van der Waals surface area contributed by atoms with Crippen molar-refractivity contribution in [3.63, 3.8) is 0 Å². The molecule has 0 radical (unpaired) electrons. The maximum absolute atomic E-state index is 12.7. The lowest BCUT2D eigenvalue weighted by Crippen LogP contribution is -2.39. The molecule has 1 aromatic carbocycles. The average molecular weight is 367 g/mol. The molecule has 2 heterocycles. The molecular formula is C22H30N4O. The van der Waals surface area contributed by atoms with Crippen LogP contribution in [0.2, 0.25) is 0 Å². The highest BCUT2D eigenvalue weighted by molar-refractivity contribution is 5.93. The zero-order chi connectivity index (χ0) is 18.9. The van der Waals surface area contributed by atoms with Crippen LogP contribution in [-0.4, -0.2) is 40.4 Å². The zero-order valence-corrected chi connectivity index (χ0v) is 16.2. The Bertz CT molecular complexity index is 694. The first-order valence-electron chi connectivity index (χ1n) is 10.2. The van der Waals surface area contributed by atoms with Crippen molar-refractivity contribution >= 4 is 11.9 Å². The summed E-state index contributed by atoms with van der Waals surface area (Å²) >= 11 is 0. The number of anilines is 1. The molecule has 3 rings (SSSR count). The molecule has 1 aliphatic rings. The predicted molar refractivity (Wildman–Crippen MR) is 109 cm³/mol. The summed E-state index contributed by atoms with van der Waals surface area (Å²) in [6.45, 7) is 4.68. The van der Waals surface area contributed by atoms with Crippen molar-refractivity contribution in [3.8, 4) is 0 Å². The van der Waals surface area contributed by atoms with Crippen LogP contribution in [0.15, 0.2) is 42.7 Å². The molecule has 0 aliphatic carbocycles. The number of aromatic nitrogens is 2. The Morgan fingerprint density at radius 2 is 1.81 bits per heavy atom. The van der Waals surface area contributed by atoms with Crippen molar-refractivity contribution < 1.29 is 4.79 Å². The van der Waals surface area contributed by atoms with E-state index in [1.165, 1.54) is 18.4 Å². The number of carbonyl (C=O) groups is 1. The number of benzene rings is 1. The van der Waals surface area contributed by atoms with Crippen LogP contribution in [0.3, 0.4) is 0 Å². The van der Waals surface area contributed by atoms with Crippen LogP contribution in [0, 0.1) is 5.92 Å². The number of piperidine rings is 1. The number of hydrogen-bond donors (Lipinski definition) is 1. The van der Waals surface area contributed by atoms with Gasteiger partial charge in [-0.2, -0.15) is 0 Å². The summed E-state index contributed by atoms with van der Waals surface area (Å²) in [6.07, 6.45) is 10.0. The monoisotopic (exact) mass is 366 g/mol. The van der Waals surface area contributed by atoms with E-state index in [0.717, 1.165) is 45.3 Å². The summed E-state index contributed by atoms with van der Waals surface area (Å²) in [7, 11) is 0. The van der Waals surface area contributed by atoms with Gasteiger partial charge < -0.3 is 10.2 Å². The van der Waals surface area contributed by atoms with Gasteiger partial charge in [0.1, 0.15) is 0 Å². The van der Waals surface area contributed by atoms with E-state index in [1.807, 2.05) is 4.90 Å². The average Bonchev–Trinajstić information content (AvgIpc) is 2.72. The standard InChI is InChI=1S/C22H30N4O/c1-2-3-7-12-23-22-24-16-20(17-25-22)21(27)26-13-10-19(11-14-26)15-18-8-5-4-6-9-18/h4-6,8-9,16-17,19H,2-3,7,10-15H2,1H3,(H,23,24,25). The largest absolute Gasteiger partial charge is 0.354 e. The summed E-state index contributed by atoms with van der Waals surface area (Å²) in [5.41, 5.74) is 1.97. The molecule has 1 aromatic heterocycles. The Kier molecular flexibility index (Phi) is 7.19. The molecule has 2 aromatic rings. The van der Waals surface area contributed by atoms with E-state index >= 15 is 0 Å². The molecule has 0 unspecified atom stereocenters. The van der Waals surface area contributed by atoms with Crippen molar-refractivity contribution in [3.05, 3.63) is 53.9 Å². The number of likely N-dealkylation sites (tertiary alicyclic amines) is 1. The van der Waals surface area contributed by atoms with Crippen LogP contribution < -0.4 is 5.32 Å². The highest BCUT2D eigenvalue weighted by atomic mass is 16.2. The van der Waals surface area contributed by atoms with E-state index in [1.54, 1.807) is 12.4 Å². The molecular weight excluding hydrogens is 336 g/mol. The molecule has 144 valence electrons. The van der Waals surface area contributed by atoms with E-state index in [2.05, 4.69) is 52.5 Å². The van der Waals surface area contributed by atoms with Gasteiger partial charge in [-0.15, -0.1) is 0 Å². The van der Waals surface area contributed by atoms with E-state index in [4.69, 9.17) is 0 Å². The molecule has 0 saturated carbocycles. The van der Waals surface area contributed by atoms with E-state index in [0.29, 0.717) is 17.4 Å². The maximum Gasteiger partial charge on any atom is 0.256 e. The first-order valence-corrected chi connectivity index (χ1v) is 10.2. The minimum atomic E-state index is 0.0469. The van der Waals surface area contributed by atoms with Gasteiger partial charge in [-0.1, -0.05) is 50.1 Å². The van der Waals surface area contributed by atoms with Crippen LogP contribution in [0.4, 0.5) is 5.95 Å². The fourth-order valence-corrected chi connectivity index (χ4v) is 3.58. The van der Waals surface area contributed by atoms with E-state index < -0.39 is 0 Å². The third-order valence-electron chi connectivity index (χ3n) is 5.23. The van der Waals surface area contributed by atoms with Crippen molar-refractivity contribution in [2.24, 2.45) is 5.92 Å². The summed E-state index contributed by atoms with van der Waals surface area (Å²) in [4.78, 5) is 23.2. The van der Waals surface area contributed by atoms with Crippen molar-refractivity contribution in [2.45, 2.75) is 45.4 Å². The Hall–Kier alpha value is -2.43. The lowest BCUT2D eigenvalue weighted by atomic mass is 9.90. The third-order valence-corrected chi connectivity index (χ3v) is 5.23. The third kappa shape index (κ3) is 5.78. The van der Waals surface area contributed by atoms with Gasteiger partial charge in [0.05, 0.1) is 5.56 Å². The smallest absolute Gasteiger partial charge is 0.256 e. The van der Waals surface area contributed by atoms with Crippen molar-refractivity contribution in [1.29, 1.82) is 0 Å². The molecule has 1 aliphatic heterocycles. The Morgan fingerprint density at radius 3 is 2.48 bits per heavy atom. The van der Waals surface area contributed by atoms with Gasteiger partial charge >= 0.3 is 0 Å². The van der Waals surface area contributed by atoms with Crippen molar-refractivity contribution in [1.82, 2.24) is 14.9 Å². The molecule has 27 heavy (non-hydrogen) atoms. The molecule has 5 nitrogen and oxygen atoms in total. The highest BCUT2D eigenvalue weighted by Crippen LogP contribution is 2.22. The number of nitrogens with zero attached hydrogens (tertiary/aromatic N) is 3. The number of carbonyl (C=O) groups excluding carboxylic acids is 1. The van der Waals surface area contributed by atoms with Crippen LogP contribution in [0.25, 0.3) is 0 Å². The topological polar surface area (TPSA) is 58.1 Å². The first kappa shape index (κ1) is 19.3. The normalized spacial score (nSPS) is 14.9. The van der Waals surface area contributed by atoms with Crippen molar-refractivity contribution in [2.75, 3.05) is 25.0 Å². The summed E-state index contributed by atoms with van der Waals surface area (Å²) in [6, 6.07) is 10.6. The lowest BCUT2D eigenvalue weighted by molar-refractivity contribution is 0.0689. The quantitative estimate of drug-likeness (QED) is 0.712.